The molecule has 1 N–H and O–H groups in total. The predicted octanol–water partition coefficient (Wildman–Crippen LogP) is 3.08. The molecule has 1 unspecified atom stereocenters. The molecule has 0 fully saturated rings. The second kappa shape index (κ2) is 11.8. The zero-order valence-corrected chi connectivity index (χ0v) is 15.7. The molecule has 3 atom stereocenters. The fraction of sp³-hybridized carbons (Fsp3) is 0.684. The van der Waals surface area contributed by atoms with E-state index in [0.29, 0.717) is 6.61 Å². The van der Waals surface area contributed by atoms with E-state index in [1.165, 1.54) is 13.8 Å². The predicted molar refractivity (Wildman–Crippen MR) is 95.6 cm³/mol. The minimum atomic E-state index is -0.302. The van der Waals surface area contributed by atoms with E-state index in [1.807, 2.05) is 25.2 Å². The Labute approximate surface area is 150 Å². The third kappa shape index (κ3) is 9.41. The first kappa shape index (κ1) is 21.4. The lowest BCUT2D eigenvalue weighted by Gasteiger charge is -2.25. The van der Waals surface area contributed by atoms with Crippen LogP contribution in [0.3, 0.4) is 0 Å². The monoisotopic (exact) mass is 353 g/mol. The number of carbonyl (C=O) groups excluding carboxylic acids is 2. The smallest absolute Gasteiger partial charge is 0.303 e. The summed E-state index contributed by atoms with van der Waals surface area (Å²) in [4.78, 5) is 27.8. The van der Waals surface area contributed by atoms with Gasteiger partial charge < -0.3 is 14.3 Å². The molecule has 0 aromatic carbocycles. The highest BCUT2D eigenvalue weighted by molar-refractivity contribution is 5.66. The summed E-state index contributed by atoms with van der Waals surface area (Å²) in [5.74, 6) is -0.444. The summed E-state index contributed by atoms with van der Waals surface area (Å²) in [5, 5.41) is 0. The molecule has 0 aromatic rings. The number of ether oxygens (including phenoxy) is 2. The second-order valence-electron chi connectivity index (χ2n) is 6.44. The van der Waals surface area contributed by atoms with Crippen molar-refractivity contribution in [1.29, 1.82) is 0 Å². The summed E-state index contributed by atoms with van der Waals surface area (Å²) in [6.07, 6.45) is 9.47. The van der Waals surface area contributed by atoms with Crippen LogP contribution in [0.5, 0.6) is 0 Å². The minimum Gasteiger partial charge on any atom is -0.462 e. The molecule has 0 aromatic heterocycles. The first-order valence-electron chi connectivity index (χ1n) is 8.93. The Kier molecular flexibility index (Phi) is 10.1. The molecule has 142 valence electrons. The maximum atomic E-state index is 11.3. The van der Waals surface area contributed by atoms with Crippen molar-refractivity contribution in [2.24, 2.45) is 5.92 Å². The van der Waals surface area contributed by atoms with Crippen LogP contribution in [0.15, 0.2) is 23.8 Å². The van der Waals surface area contributed by atoms with Gasteiger partial charge >= 0.3 is 11.9 Å². The number of rotatable bonds is 4. The average Bonchev–Trinajstić information content (AvgIpc) is 2.52. The molecular weight excluding hydrogens is 322 g/mol. The molecule has 1 aliphatic rings. The average molecular weight is 353 g/mol. The molecular formula is C19H31NO5. The number of nitrogens with one attached hydrogen (secondary N) is 1. The van der Waals surface area contributed by atoms with Crippen LogP contribution in [0.25, 0.3) is 0 Å². The quantitative estimate of drug-likeness (QED) is 0.618. The molecule has 0 radical (unpaired) electrons. The van der Waals surface area contributed by atoms with Gasteiger partial charge in [0.15, 0.2) is 0 Å². The van der Waals surface area contributed by atoms with Crippen molar-refractivity contribution in [3.63, 3.8) is 0 Å². The van der Waals surface area contributed by atoms with Gasteiger partial charge in [0.05, 0.1) is 12.6 Å². The highest BCUT2D eigenvalue weighted by Gasteiger charge is 2.19. The van der Waals surface area contributed by atoms with Gasteiger partial charge in [-0.3, -0.25) is 9.59 Å². The van der Waals surface area contributed by atoms with Crippen LogP contribution in [0.1, 0.15) is 53.4 Å². The van der Waals surface area contributed by atoms with Crippen LogP contribution in [-0.4, -0.2) is 37.3 Å². The van der Waals surface area contributed by atoms with Gasteiger partial charge in [-0.1, -0.05) is 25.0 Å². The molecule has 6 nitrogen and oxygen atoms in total. The molecule has 0 amide bonds. The SMILES string of the molecule is CC(=O)OCC=C(C)[C@H]1NOCCCCCC(OC(C)=O)C=C[C@@H]1C. The van der Waals surface area contributed by atoms with E-state index in [4.69, 9.17) is 14.3 Å². The molecule has 0 bridgehead atoms. The van der Waals surface area contributed by atoms with Gasteiger partial charge in [-0.05, 0) is 44.3 Å². The van der Waals surface area contributed by atoms with E-state index >= 15 is 0 Å². The lowest BCUT2D eigenvalue weighted by atomic mass is 9.94. The zero-order valence-electron chi connectivity index (χ0n) is 15.7. The molecule has 1 aliphatic heterocycles. The summed E-state index contributed by atoms with van der Waals surface area (Å²) >= 11 is 0. The number of hydrogen-bond acceptors (Lipinski definition) is 6. The maximum Gasteiger partial charge on any atom is 0.303 e. The molecule has 1 heterocycles. The number of hydrogen-bond donors (Lipinski definition) is 1. The van der Waals surface area contributed by atoms with Crippen molar-refractivity contribution in [3.8, 4) is 0 Å². The van der Waals surface area contributed by atoms with E-state index in [-0.39, 0.29) is 36.6 Å². The van der Waals surface area contributed by atoms with Gasteiger partial charge in [0.25, 0.3) is 0 Å². The standard InChI is InChI=1S/C19H31NO5/c1-14-9-10-18(25-17(4)22)8-6-5-7-12-24-20-19(14)15(2)11-13-23-16(3)21/h9-11,14,18-20H,5-8,12-13H2,1-4H3/t14-,18?,19-/m0/s1. The Morgan fingerprint density at radius 2 is 1.92 bits per heavy atom. The highest BCUT2D eigenvalue weighted by atomic mass is 16.6. The van der Waals surface area contributed by atoms with Crippen LogP contribution in [-0.2, 0) is 23.9 Å². The highest BCUT2D eigenvalue weighted by Crippen LogP contribution is 2.17. The van der Waals surface area contributed by atoms with Crippen LogP contribution in [0.2, 0.25) is 0 Å². The van der Waals surface area contributed by atoms with E-state index in [1.54, 1.807) is 0 Å². The zero-order chi connectivity index (χ0) is 18.7. The normalized spacial score (nSPS) is 26.2. The molecule has 0 aliphatic carbocycles. The summed E-state index contributed by atoms with van der Waals surface area (Å²) in [7, 11) is 0. The van der Waals surface area contributed by atoms with E-state index < -0.39 is 0 Å². The molecule has 0 saturated heterocycles. The van der Waals surface area contributed by atoms with Crippen molar-refractivity contribution in [3.05, 3.63) is 23.8 Å². The van der Waals surface area contributed by atoms with Crippen molar-refractivity contribution in [1.82, 2.24) is 5.48 Å². The van der Waals surface area contributed by atoms with Gasteiger partial charge in [0, 0.05) is 13.8 Å². The third-order valence-electron chi connectivity index (χ3n) is 4.10. The molecule has 1 rings (SSSR count). The number of hydroxylamine groups is 1. The van der Waals surface area contributed by atoms with Crippen molar-refractivity contribution < 1.29 is 23.9 Å². The molecule has 6 heteroatoms. The largest absolute Gasteiger partial charge is 0.462 e. The summed E-state index contributed by atoms with van der Waals surface area (Å²) < 4.78 is 10.4. The van der Waals surface area contributed by atoms with Gasteiger partial charge in [-0.15, -0.1) is 0 Å². The lowest BCUT2D eigenvalue weighted by molar-refractivity contribution is -0.144. The van der Waals surface area contributed by atoms with Crippen LogP contribution >= 0.6 is 0 Å². The van der Waals surface area contributed by atoms with Crippen molar-refractivity contribution in [2.45, 2.75) is 65.5 Å². The fourth-order valence-corrected chi connectivity index (χ4v) is 2.70. The topological polar surface area (TPSA) is 73.9 Å². The third-order valence-corrected chi connectivity index (χ3v) is 4.10. The van der Waals surface area contributed by atoms with Gasteiger partial charge in [-0.25, -0.2) is 0 Å². The maximum absolute atomic E-state index is 11.3. The fourth-order valence-electron chi connectivity index (χ4n) is 2.70. The Hall–Kier alpha value is -1.66. The number of carbonyl (C=O) groups is 2. The van der Waals surface area contributed by atoms with E-state index in [2.05, 4.69) is 12.4 Å². The number of esters is 2. The van der Waals surface area contributed by atoms with Gasteiger partial charge in [0.2, 0.25) is 0 Å². The van der Waals surface area contributed by atoms with Crippen LogP contribution < -0.4 is 5.48 Å². The minimum absolute atomic E-state index is 0.0517. The first-order valence-corrected chi connectivity index (χ1v) is 8.93. The van der Waals surface area contributed by atoms with E-state index in [0.717, 1.165) is 31.3 Å². The van der Waals surface area contributed by atoms with Crippen molar-refractivity contribution in [2.75, 3.05) is 13.2 Å². The lowest BCUT2D eigenvalue weighted by Crippen LogP contribution is -2.36. The summed E-state index contributed by atoms with van der Waals surface area (Å²) in [6, 6.07) is -0.0517. The van der Waals surface area contributed by atoms with Crippen LogP contribution in [0, 0.1) is 5.92 Å². The Balaban J connectivity index is 2.82. The summed E-state index contributed by atoms with van der Waals surface area (Å²) in [5.41, 5.74) is 4.14. The summed E-state index contributed by atoms with van der Waals surface area (Å²) in [6.45, 7) is 7.74. The Morgan fingerprint density at radius 1 is 1.16 bits per heavy atom. The molecule has 0 spiro atoms. The van der Waals surface area contributed by atoms with E-state index in [9.17, 15) is 9.59 Å². The van der Waals surface area contributed by atoms with Crippen molar-refractivity contribution >= 4 is 11.9 Å². The molecule has 0 saturated carbocycles. The molecule has 25 heavy (non-hydrogen) atoms. The van der Waals surface area contributed by atoms with Gasteiger partial charge in [0.1, 0.15) is 12.7 Å². The second-order valence-corrected chi connectivity index (χ2v) is 6.44. The Bertz CT molecular complexity index is 486. The van der Waals surface area contributed by atoms with Crippen LogP contribution in [0.4, 0.5) is 0 Å². The Morgan fingerprint density at radius 3 is 2.60 bits per heavy atom. The first-order chi connectivity index (χ1) is 11.9. The van der Waals surface area contributed by atoms with Gasteiger partial charge in [-0.2, -0.15) is 5.48 Å².